The highest BCUT2D eigenvalue weighted by Crippen LogP contribution is 2.07. The molecule has 0 aromatic carbocycles. The van der Waals surface area contributed by atoms with Gasteiger partial charge >= 0.3 is 0 Å². The fourth-order valence-electron chi connectivity index (χ4n) is 1.35. The van der Waals surface area contributed by atoms with Crippen molar-refractivity contribution >= 4 is 11.8 Å². The van der Waals surface area contributed by atoms with Gasteiger partial charge in [0.25, 0.3) is 0 Å². The molecule has 0 bridgehead atoms. The molecule has 14 heavy (non-hydrogen) atoms. The van der Waals surface area contributed by atoms with Crippen LogP contribution in [-0.2, 0) is 9.59 Å². The normalized spacial score (nSPS) is 10.1. The van der Waals surface area contributed by atoms with Crippen LogP contribution in [0.5, 0.6) is 0 Å². The highest BCUT2D eigenvalue weighted by atomic mass is 16.4. The largest absolute Gasteiger partial charge is 0.550 e. The van der Waals surface area contributed by atoms with Crippen LogP contribution in [0, 0.1) is 0 Å². The zero-order chi connectivity index (χ0) is 10.8. The molecule has 0 amide bonds. The summed E-state index contributed by atoms with van der Waals surface area (Å²) in [6.45, 7) is 2.16. The molecule has 0 aliphatic carbocycles. The van der Waals surface area contributed by atoms with E-state index in [1.54, 1.807) is 0 Å². The first-order chi connectivity index (χ1) is 6.66. The van der Waals surface area contributed by atoms with Gasteiger partial charge in [-0.15, -0.1) is 0 Å². The van der Waals surface area contributed by atoms with E-state index in [4.69, 9.17) is 0 Å². The fraction of sp³-hybridized carbons (Fsp3) is 0.818. The number of carbonyl (C=O) groups excluding carboxylic acids is 2. The Hall–Kier alpha value is -0.860. The molecule has 0 spiro atoms. The number of unbranched alkanes of at least 4 members (excludes halogenated alkanes) is 5. The second-order valence-corrected chi connectivity index (χ2v) is 3.61. The number of hydrogen-bond acceptors (Lipinski definition) is 3. The second kappa shape index (κ2) is 8.73. The van der Waals surface area contributed by atoms with Crippen molar-refractivity contribution < 1.29 is 14.7 Å². The van der Waals surface area contributed by atoms with Crippen molar-refractivity contribution in [2.75, 3.05) is 0 Å². The van der Waals surface area contributed by atoms with E-state index in [-0.39, 0.29) is 5.78 Å². The van der Waals surface area contributed by atoms with Gasteiger partial charge in [0, 0.05) is 18.8 Å². The molecule has 0 aliphatic heterocycles. The Bertz CT molecular complexity index is 175. The molecular formula is C11H19O3-. The van der Waals surface area contributed by atoms with E-state index in [0.717, 1.165) is 19.3 Å². The lowest BCUT2D eigenvalue weighted by Crippen LogP contribution is -2.25. The first-order valence-corrected chi connectivity index (χ1v) is 5.38. The topological polar surface area (TPSA) is 57.2 Å². The summed E-state index contributed by atoms with van der Waals surface area (Å²) in [4.78, 5) is 21.0. The lowest BCUT2D eigenvalue weighted by atomic mass is 10.1. The quantitative estimate of drug-likeness (QED) is 0.417. The van der Waals surface area contributed by atoms with Crippen molar-refractivity contribution in [1.29, 1.82) is 0 Å². The molecule has 0 atom stereocenters. The Balaban J connectivity index is 3.19. The van der Waals surface area contributed by atoms with E-state index in [1.165, 1.54) is 19.3 Å². The van der Waals surface area contributed by atoms with Gasteiger partial charge in [-0.1, -0.05) is 39.0 Å². The molecule has 0 aromatic heterocycles. The highest BCUT2D eigenvalue weighted by molar-refractivity contribution is 5.93. The summed E-state index contributed by atoms with van der Waals surface area (Å²) in [6, 6.07) is 0. The van der Waals surface area contributed by atoms with E-state index in [9.17, 15) is 14.7 Å². The SMILES string of the molecule is CCCCCCCCC(=O)CC(=O)[O-]. The summed E-state index contributed by atoms with van der Waals surface area (Å²) in [7, 11) is 0. The first kappa shape index (κ1) is 13.1. The maximum atomic E-state index is 10.9. The fourth-order valence-corrected chi connectivity index (χ4v) is 1.35. The van der Waals surface area contributed by atoms with Crippen LogP contribution in [0.4, 0.5) is 0 Å². The van der Waals surface area contributed by atoms with Crippen LogP contribution in [0.25, 0.3) is 0 Å². The van der Waals surface area contributed by atoms with Gasteiger partial charge in [-0.05, 0) is 6.42 Å². The summed E-state index contributed by atoms with van der Waals surface area (Å²) in [5.74, 6) is -1.47. The third-order valence-corrected chi connectivity index (χ3v) is 2.15. The van der Waals surface area contributed by atoms with Crippen molar-refractivity contribution in [2.45, 2.75) is 58.3 Å². The number of ketones is 1. The first-order valence-electron chi connectivity index (χ1n) is 5.38. The summed E-state index contributed by atoms with van der Waals surface area (Å²) in [5, 5.41) is 10.1. The number of aliphatic carboxylic acids is 1. The van der Waals surface area contributed by atoms with Crippen molar-refractivity contribution in [3.05, 3.63) is 0 Å². The molecule has 3 heteroatoms. The summed E-state index contributed by atoms with van der Waals surface area (Å²) >= 11 is 0. The van der Waals surface area contributed by atoms with E-state index < -0.39 is 12.4 Å². The molecule has 0 rings (SSSR count). The molecule has 3 nitrogen and oxygen atoms in total. The minimum atomic E-state index is -1.26. The van der Waals surface area contributed by atoms with Crippen LogP contribution in [0.1, 0.15) is 58.3 Å². The minimum Gasteiger partial charge on any atom is -0.550 e. The number of carboxylic acid groups (broad SMARTS) is 1. The summed E-state index contributed by atoms with van der Waals surface area (Å²) in [5.41, 5.74) is 0. The van der Waals surface area contributed by atoms with Gasteiger partial charge in [0.05, 0.1) is 0 Å². The molecule has 82 valence electrons. The van der Waals surface area contributed by atoms with Gasteiger partial charge < -0.3 is 9.90 Å². The Morgan fingerprint density at radius 2 is 1.57 bits per heavy atom. The molecule has 0 N–H and O–H groups in total. The highest BCUT2D eigenvalue weighted by Gasteiger charge is 2.01. The van der Waals surface area contributed by atoms with Crippen molar-refractivity contribution in [3.63, 3.8) is 0 Å². The molecule has 0 aliphatic rings. The van der Waals surface area contributed by atoms with Gasteiger partial charge in [0.1, 0.15) is 5.78 Å². The molecule has 0 aromatic rings. The van der Waals surface area contributed by atoms with E-state index in [2.05, 4.69) is 6.92 Å². The Kier molecular flexibility index (Phi) is 8.19. The number of rotatable bonds is 9. The molecule has 0 saturated carbocycles. The van der Waals surface area contributed by atoms with E-state index >= 15 is 0 Å². The predicted octanol–water partition coefficient (Wildman–Crippen LogP) is 1.45. The number of hydrogen-bond donors (Lipinski definition) is 0. The molecule has 0 fully saturated rings. The van der Waals surface area contributed by atoms with E-state index in [1.807, 2.05) is 0 Å². The minimum absolute atomic E-state index is 0.208. The average Bonchev–Trinajstić information content (AvgIpc) is 2.10. The zero-order valence-electron chi connectivity index (χ0n) is 8.88. The van der Waals surface area contributed by atoms with Crippen LogP contribution < -0.4 is 5.11 Å². The average molecular weight is 199 g/mol. The maximum Gasteiger partial charge on any atom is 0.138 e. The van der Waals surface area contributed by atoms with Crippen molar-refractivity contribution in [2.24, 2.45) is 0 Å². The number of Topliss-reactive ketones (excluding diaryl/α,β-unsaturated/α-hetero) is 1. The number of carbonyl (C=O) groups is 2. The molecule has 0 radical (unpaired) electrons. The lowest BCUT2D eigenvalue weighted by Gasteiger charge is -2.01. The Labute approximate surface area is 85.5 Å². The second-order valence-electron chi connectivity index (χ2n) is 3.61. The van der Waals surface area contributed by atoms with Crippen molar-refractivity contribution in [1.82, 2.24) is 0 Å². The third kappa shape index (κ3) is 9.23. The van der Waals surface area contributed by atoms with E-state index in [0.29, 0.717) is 6.42 Å². The van der Waals surface area contributed by atoms with Crippen LogP contribution in [0.3, 0.4) is 0 Å². The number of carboxylic acids is 1. The zero-order valence-corrected chi connectivity index (χ0v) is 8.88. The molecule has 0 saturated heterocycles. The summed E-state index contributed by atoms with van der Waals surface area (Å²) in [6.07, 6.45) is 6.62. The molecule has 0 heterocycles. The Morgan fingerprint density at radius 1 is 1.00 bits per heavy atom. The monoisotopic (exact) mass is 199 g/mol. The lowest BCUT2D eigenvalue weighted by molar-refractivity contribution is -0.304. The van der Waals surface area contributed by atoms with Gasteiger partial charge in [-0.25, -0.2) is 0 Å². The molecule has 0 unspecified atom stereocenters. The Morgan fingerprint density at radius 3 is 2.14 bits per heavy atom. The van der Waals surface area contributed by atoms with Gasteiger partial charge in [0.15, 0.2) is 0 Å². The molecular weight excluding hydrogens is 180 g/mol. The van der Waals surface area contributed by atoms with Crippen LogP contribution in [0.15, 0.2) is 0 Å². The smallest absolute Gasteiger partial charge is 0.138 e. The van der Waals surface area contributed by atoms with Crippen molar-refractivity contribution in [3.8, 4) is 0 Å². The van der Waals surface area contributed by atoms with Gasteiger partial charge in [0.2, 0.25) is 0 Å². The summed E-state index contributed by atoms with van der Waals surface area (Å²) < 4.78 is 0. The van der Waals surface area contributed by atoms with Crippen LogP contribution in [0.2, 0.25) is 0 Å². The van der Waals surface area contributed by atoms with Gasteiger partial charge in [-0.2, -0.15) is 0 Å². The third-order valence-electron chi connectivity index (χ3n) is 2.15. The van der Waals surface area contributed by atoms with Crippen LogP contribution >= 0.6 is 0 Å². The maximum absolute atomic E-state index is 10.9. The predicted molar refractivity (Wildman–Crippen MR) is 52.6 cm³/mol. The van der Waals surface area contributed by atoms with Gasteiger partial charge in [-0.3, -0.25) is 4.79 Å². The van der Waals surface area contributed by atoms with Crippen LogP contribution in [-0.4, -0.2) is 11.8 Å². The standard InChI is InChI=1S/C11H20O3/c1-2-3-4-5-6-7-8-10(12)9-11(13)14/h2-9H2,1H3,(H,13,14)/p-1.